The molecule has 1 aliphatic carbocycles. The number of amides is 2. The van der Waals surface area contributed by atoms with Gasteiger partial charge in [-0.2, -0.15) is 0 Å². The maximum Gasteiger partial charge on any atom is 0.317 e. The fraction of sp³-hybridized carbons (Fsp3) is 0.458. The van der Waals surface area contributed by atoms with Crippen molar-refractivity contribution in [3.05, 3.63) is 65.7 Å². The smallest absolute Gasteiger partial charge is 0.317 e. The molecule has 2 aromatic rings. The summed E-state index contributed by atoms with van der Waals surface area (Å²) in [5.74, 6) is 1.46. The zero-order chi connectivity index (χ0) is 20.8. The van der Waals surface area contributed by atoms with E-state index < -0.39 is 0 Å². The second-order valence-corrected chi connectivity index (χ2v) is 8.12. The number of carbonyl (C=O) groups excluding carboxylic acids is 1. The highest BCUT2D eigenvalue weighted by Crippen LogP contribution is 2.33. The quantitative estimate of drug-likeness (QED) is 0.681. The number of hydrogen-bond acceptors (Lipinski definition) is 3. The van der Waals surface area contributed by atoms with E-state index in [2.05, 4.69) is 35.3 Å². The molecule has 0 radical (unpaired) electrons. The highest BCUT2D eigenvalue weighted by Gasteiger charge is 2.30. The number of benzene rings is 2. The molecule has 1 saturated carbocycles. The molecule has 0 heterocycles. The normalized spacial score (nSPS) is 15.6. The summed E-state index contributed by atoms with van der Waals surface area (Å²) < 4.78 is 5.37. The van der Waals surface area contributed by atoms with Crippen molar-refractivity contribution in [2.45, 2.75) is 31.8 Å². The summed E-state index contributed by atoms with van der Waals surface area (Å²) in [6.07, 6.45) is 2.44. The van der Waals surface area contributed by atoms with Crippen molar-refractivity contribution in [1.82, 2.24) is 15.1 Å². The molecule has 2 amide bonds. The van der Waals surface area contributed by atoms with Gasteiger partial charge >= 0.3 is 6.03 Å². The molecule has 2 atom stereocenters. The van der Waals surface area contributed by atoms with Crippen LogP contribution in [0.4, 0.5) is 4.79 Å². The van der Waals surface area contributed by atoms with Gasteiger partial charge in [-0.15, -0.1) is 0 Å². The summed E-state index contributed by atoms with van der Waals surface area (Å²) in [6, 6.07) is 18.4. The van der Waals surface area contributed by atoms with Gasteiger partial charge in [0.1, 0.15) is 5.75 Å². The van der Waals surface area contributed by atoms with E-state index in [1.807, 2.05) is 55.4 Å². The summed E-state index contributed by atoms with van der Waals surface area (Å²) in [6.45, 7) is 3.47. The van der Waals surface area contributed by atoms with Crippen LogP contribution < -0.4 is 10.1 Å². The molecular formula is C24H33N3O2. The number of hydrogen-bond donors (Lipinski definition) is 1. The first-order chi connectivity index (χ1) is 14.0. The maximum absolute atomic E-state index is 13.2. The van der Waals surface area contributed by atoms with E-state index in [9.17, 15) is 4.79 Å². The number of carbonyl (C=O) groups is 1. The van der Waals surface area contributed by atoms with Crippen molar-refractivity contribution in [2.24, 2.45) is 5.92 Å². The third kappa shape index (κ3) is 5.73. The number of rotatable bonds is 9. The van der Waals surface area contributed by atoms with Gasteiger partial charge in [0.2, 0.25) is 0 Å². The van der Waals surface area contributed by atoms with Crippen LogP contribution in [0.15, 0.2) is 54.6 Å². The van der Waals surface area contributed by atoms with E-state index in [-0.39, 0.29) is 18.1 Å². The largest absolute Gasteiger partial charge is 0.497 e. The summed E-state index contributed by atoms with van der Waals surface area (Å²) in [5, 5.41) is 3.19. The molecular weight excluding hydrogens is 362 g/mol. The molecule has 0 aliphatic heterocycles. The van der Waals surface area contributed by atoms with Crippen LogP contribution in [0.5, 0.6) is 5.75 Å². The van der Waals surface area contributed by atoms with Crippen LogP contribution in [0.3, 0.4) is 0 Å². The summed E-state index contributed by atoms with van der Waals surface area (Å²) in [4.78, 5) is 17.3. The summed E-state index contributed by atoms with van der Waals surface area (Å²) in [5.41, 5.74) is 2.29. The van der Waals surface area contributed by atoms with E-state index in [0.717, 1.165) is 17.9 Å². The van der Waals surface area contributed by atoms with Crippen molar-refractivity contribution in [3.63, 3.8) is 0 Å². The van der Waals surface area contributed by atoms with Gasteiger partial charge in [0.15, 0.2) is 0 Å². The predicted molar refractivity (Wildman–Crippen MR) is 117 cm³/mol. The first kappa shape index (κ1) is 21.2. The third-order valence-corrected chi connectivity index (χ3v) is 5.71. The second-order valence-electron chi connectivity index (χ2n) is 8.12. The number of nitrogens with zero attached hydrogens (tertiary/aromatic N) is 2. The molecule has 5 nitrogen and oxygen atoms in total. The SMILES string of the molecule is COc1cccc(C(CNC(=O)N(CC2CC2)C(C)c2ccccc2)N(C)C)c1. The molecule has 1 aliphatic rings. The highest BCUT2D eigenvalue weighted by atomic mass is 16.5. The Labute approximate surface area is 174 Å². The monoisotopic (exact) mass is 395 g/mol. The first-order valence-corrected chi connectivity index (χ1v) is 10.4. The maximum atomic E-state index is 13.2. The van der Waals surface area contributed by atoms with E-state index in [1.54, 1.807) is 7.11 Å². The van der Waals surface area contributed by atoms with Crippen LogP contribution in [0, 0.1) is 5.92 Å². The Balaban J connectivity index is 1.70. The average Bonchev–Trinajstić information content (AvgIpc) is 3.56. The van der Waals surface area contributed by atoms with Crippen molar-refractivity contribution >= 4 is 6.03 Å². The van der Waals surface area contributed by atoms with Gasteiger partial charge in [0, 0.05) is 13.1 Å². The van der Waals surface area contributed by atoms with Crippen LogP contribution in [-0.2, 0) is 0 Å². The predicted octanol–water partition coefficient (Wildman–Crippen LogP) is 4.48. The Hall–Kier alpha value is -2.53. The van der Waals surface area contributed by atoms with Crippen molar-refractivity contribution in [3.8, 4) is 5.75 Å². The fourth-order valence-electron chi connectivity index (χ4n) is 3.64. The Morgan fingerprint density at radius 2 is 1.79 bits per heavy atom. The van der Waals surface area contributed by atoms with Gasteiger partial charge in [-0.1, -0.05) is 42.5 Å². The van der Waals surface area contributed by atoms with Crippen molar-refractivity contribution < 1.29 is 9.53 Å². The second kappa shape index (κ2) is 9.79. The van der Waals surface area contributed by atoms with Gasteiger partial charge in [0.05, 0.1) is 19.2 Å². The Morgan fingerprint density at radius 1 is 1.10 bits per heavy atom. The molecule has 29 heavy (non-hydrogen) atoms. The average molecular weight is 396 g/mol. The Kier molecular flexibility index (Phi) is 7.15. The first-order valence-electron chi connectivity index (χ1n) is 10.4. The van der Waals surface area contributed by atoms with Gasteiger partial charge in [-0.3, -0.25) is 0 Å². The molecule has 156 valence electrons. The zero-order valence-electron chi connectivity index (χ0n) is 18.0. The van der Waals surface area contributed by atoms with Crippen LogP contribution in [-0.4, -0.2) is 50.1 Å². The van der Waals surface area contributed by atoms with Gasteiger partial charge in [0.25, 0.3) is 0 Å². The van der Waals surface area contributed by atoms with E-state index in [4.69, 9.17) is 4.74 Å². The van der Waals surface area contributed by atoms with Crippen LogP contribution in [0.2, 0.25) is 0 Å². The summed E-state index contributed by atoms with van der Waals surface area (Å²) in [7, 11) is 5.74. The number of urea groups is 1. The minimum absolute atomic E-state index is 0.00278. The topological polar surface area (TPSA) is 44.8 Å². The lowest BCUT2D eigenvalue weighted by molar-refractivity contribution is 0.171. The molecule has 3 rings (SSSR count). The molecule has 2 unspecified atom stereocenters. The number of ether oxygens (including phenoxy) is 1. The number of nitrogens with one attached hydrogen (secondary N) is 1. The van der Waals surface area contributed by atoms with E-state index in [0.29, 0.717) is 12.5 Å². The van der Waals surface area contributed by atoms with Gasteiger partial charge < -0.3 is 19.9 Å². The number of methoxy groups -OCH3 is 1. The molecule has 1 N–H and O–H groups in total. The van der Waals surface area contributed by atoms with Gasteiger partial charge in [-0.25, -0.2) is 4.79 Å². The molecule has 1 fully saturated rings. The standard InChI is InChI=1S/C24H33N3O2/c1-18(20-9-6-5-7-10-20)27(17-19-13-14-19)24(28)25-16-23(26(2)3)21-11-8-12-22(15-21)29-4/h5-12,15,18-19,23H,13-14,16-17H2,1-4H3,(H,25,28). The minimum Gasteiger partial charge on any atom is -0.497 e. The summed E-state index contributed by atoms with van der Waals surface area (Å²) >= 11 is 0. The van der Waals surface area contributed by atoms with Gasteiger partial charge in [-0.05, 0) is 63.0 Å². The molecule has 0 bridgehead atoms. The fourth-order valence-corrected chi connectivity index (χ4v) is 3.64. The van der Waals surface area contributed by atoms with Crippen LogP contribution in [0.25, 0.3) is 0 Å². The lowest BCUT2D eigenvalue weighted by Crippen LogP contribution is -2.45. The van der Waals surface area contributed by atoms with Crippen molar-refractivity contribution in [1.29, 1.82) is 0 Å². The lowest BCUT2D eigenvalue weighted by Gasteiger charge is -2.32. The minimum atomic E-state index is 0.00278. The van der Waals surface area contributed by atoms with E-state index >= 15 is 0 Å². The Bertz CT molecular complexity index is 790. The zero-order valence-corrected chi connectivity index (χ0v) is 18.0. The molecule has 2 aromatic carbocycles. The van der Waals surface area contributed by atoms with Crippen LogP contribution >= 0.6 is 0 Å². The molecule has 0 spiro atoms. The van der Waals surface area contributed by atoms with Crippen LogP contribution in [0.1, 0.15) is 43.0 Å². The molecule has 0 saturated heterocycles. The highest BCUT2D eigenvalue weighted by molar-refractivity contribution is 5.75. The van der Waals surface area contributed by atoms with E-state index in [1.165, 1.54) is 18.4 Å². The molecule has 5 heteroatoms. The Morgan fingerprint density at radius 3 is 2.41 bits per heavy atom. The van der Waals surface area contributed by atoms with Crippen molar-refractivity contribution in [2.75, 3.05) is 34.3 Å². The number of likely N-dealkylation sites (N-methyl/N-ethyl adjacent to an activating group) is 1. The lowest BCUT2D eigenvalue weighted by atomic mass is 10.1. The molecule has 0 aromatic heterocycles. The third-order valence-electron chi connectivity index (χ3n) is 5.71.